The molecule has 0 saturated carbocycles. The maximum Gasteiger partial charge on any atom is 0.163 e. The number of nitrogens with zero attached hydrogens (tertiary/aromatic N) is 2. The summed E-state index contributed by atoms with van der Waals surface area (Å²) in [6.07, 6.45) is 6.19. The largest absolute Gasteiger partial charge is 0.376 e. The number of aromatic nitrogens is 1. The Morgan fingerprint density at radius 2 is 1.54 bits per heavy atom. The van der Waals surface area contributed by atoms with Gasteiger partial charge < -0.3 is 4.90 Å². The average molecular weight is 475 g/mol. The van der Waals surface area contributed by atoms with Gasteiger partial charge in [-0.2, -0.15) is 0 Å². The SMILES string of the molecule is C=C(CCCC)c1ccc2c(N(C)C)c(C(C)=O)cnc2c1-c1cc(C)cc(C)c1.CC.CCC. The van der Waals surface area contributed by atoms with Crippen molar-refractivity contribution in [3.05, 3.63) is 65.4 Å². The Morgan fingerprint density at radius 1 is 0.971 bits per heavy atom. The first kappa shape index (κ1) is 30.1. The zero-order valence-corrected chi connectivity index (χ0v) is 23.8. The minimum Gasteiger partial charge on any atom is -0.376 e. The molecule has 190 valence electrons. The number of carbonyl (C=O) groups is 1. The van der Waals surface area contributed by atoms with Gasteiger partial charge in [0.15, 0.2) is 5.78 Å². The van der Waals surface area contributed by atoms with Crippen LogP contribution in [0.1, 0.15) is 94.3 Å². The Morgan fingerprint density at radius 3 is 2.03 bits per heavy atom. The van der Waals surface area contributed by atoms with Crippen LogP contribution in [0.4, 0.5) is 5.69 Å². The van der Waals surface area contributed by atoms with E-state index >= 15 is 0 Å². The Balaban J connectivity index is 0.00000114. The highest BCUT2D eigenvalue weighted by Gasteiger charge is 2.20. The van der Waals surface area contributed by atoms with Crippen LogP contribution in [0.5, 0.6) is 0 Å². The Labute approximate surface area is 214 Å². The van der Waals surface area contributed by atoms with E-state index in [9.17, 15) is 4.79 Å². The summed E-state index contributed by atoms with van der Waals surface area (Å²) < 4.78 is 0. The molecule has 0 spiro atoms. The van der Waals surface area contributed by atoms with Gasteiger partial charge in [0, 0.05) is 31.2 Å². The van der Waals surface area contributed by atoms with Gasteiger partial charge in [-0.15, -0.1) is 0 Å². The average Bonchev–Trinajstić information content (AvgIpc) is 2.81. The molecule has 0 unspecified atom stereocenters. The monoisotopic (exact) mass is 474 g/mol. The van der Waals surface area contributed by atoms with Gasteiger partial charge in [0.2, 0.25) is 0 Å². The van der Waals surface area contributed by atoms with Crippen molar-refractivity contribution >= 4 is 27.9 Å². The fraction of sp³-hybridized carbons (Fsp3) is 0.438. The maximum absolute atomic E-state index is 12.3. The minimum atomic E-state index is 0.0254. The third-order valence-corrected chi connectivity index (χ3v) is 5.56. The number of hydrogen-bond donors (Lipinski definition) is 0. The number of allylic oxidation sites excluding steroid dienone is 1. The predicted octanol–water partition coefficient (Wildman–Crippen LogP) is 9.43. The van der Waals surface area contributed by atoms with Gasteiger partial charge in [0.1, 0.15) is 0 Å². The summed E-state index contributed by atoms with van der Waals surface area (Å²) in [5, 5.41) is 0.994. The van der Waals surface area contributed by atoms with Crippen molar-refractivity contribution in [3.8, 4) is 11.1 Å². The molecule has 0 aliphatic heterocycles. The lowest BCUT2D eigenvalue weighted by molar-refractivity contribution is 0.101. The topological polar surface area (TPSA) is 33.2 Å². The second-order valence-corrected chi connectivity index (χ2v) is 9.15. The van der Waals surface area contributed by atoms with E-state index in [1.54, 1.807) is 13.1 Å². The van der Waals surface area contributed by atoms with Crippen molar-refractivity contribution in [2.24, 2.45) is 0 Å². The molecule has 0 bridgehead atoms. The lowest BCUT2D eigenvalue weighted by Gasteiger charge is -2.22. The predicted molar refractivity (Wildman–Crippen MR) is 157 cm³/mol. The van der Waals surface area contributed by atoms with Gasteiger partial charge in [0.05, 0.1) is 16.8 Å². The molecule has 3 aromatic rings. The second kappa shape index (κ2) is 14.5. The van der Waals surface area contributed by atoms with E-state index in [-0.39, 0.29) is 5.78 Å². The lowest BCUT2D eigenvalue weighted by Crippen LogP contribution is -2.14. The molecule has 3 nitrogen and oxygen atoms in total. The van der Waals surface area contributed by atoms with Crippen LogP contribution in [0, 0.1) is 13.8 Å². The summed E-state index contributed by atoms with van der Waals surface area (Å²) in [6.45, 7) is 20.7. The number of unbranched alkanes of at least 4 members (excludes halogenated alkanes) is 1. The van der Waals surface area contributed by atoms with Crippen molar-refractivity contribution in [3.63, 3.8) is 0 Å². The van der Waals surface area contributed by atoms with Gasteiger partial charge in [-0.25, -0.2) is 0 Å². The molecule has 0 aliphatic rings. The van der Waals surface area contributed by atoms with Crippen LogP contribution < -0.4 is 4.90 Å². The third kappa shape index (κ3) is 7.52. The quantitative estimate of drug-likeness (QED) is 0.320. The van der Waals surface area contributed by atoms with Crippen LogP contribution in [0.15, 0.2) is 43.1 Å². The van der Waals surface area contributed by atoms with E-state index in [0.29, 0.717) is 5.56 Å². The Bertz CT molecular complexity index is 1120. The normalized spacial score (nSPS) is 10.1. The van der Waals surface area contributed by atoms with Gasteiger partial charge in [0.25, 0.3) is 0 Å². The van der Waals surface area contributed by atoms with Crippen molar-refractivity contribution in [1.29, 1.82) is 0 Å². The zero-order chi connectivity index (χ0) is 26.7. The number of pyridine rings is 1. The van der Waals surface area contributed by atoms with Crippen molar-refractivity contribution in [1.82, 2.24) is 4.98 Å². The number of carbonyl (C=O) groups excluding carboxylic acids is 1. The van der Waals surface area contributed by atoms with Crippen LogP contribution in [-0.4, -0.2) is 24.9 Å². The van der Waals surface area contributed by atoms with E-state index in [2.05, 4.69) is 71.5 Å². The molecule has 1 aromatic heterocycles. The molecule has 0 saturated heterocycles. The fourth-order valence-corrected chi connectivity index (χ4v) is 4.22. The summed E-state index contributed by atoms with van der Waals surface area (Å²) in [4.78, 5) is 19.1. The van der Waals surface area contributed by atoms with Crippen LogP contribution in [0.25, 0.3) is 27.6 Å². The van der Waals surface area contributed by atoms with E-state index in [4.69, 9.17) is 4.98 Å². The van der Waals surface area contributed by atoms with E-state index in [0.717, 1.165) is 58.1 Å². The number of Topliss-reactive ketones (excluding diaryl/α,β-unsaturated/α-hetero) is 1. The molecule has 3 heteroatoms. The van der Waals surface area contributed by atoms with E-state index in [1.165, 1.54) is 17.5 Å². The van der Waals surface area contributed by atoms with Crippen molar-refractivity contribution < 1.29 is 4.79 Å². The number of aryl methyl sites for hydroxylation is 2. The highest BCUT2D eigenvalue weighted by molar-refractivity contribution is 6.11. The summed E-state index contributed by atoms with van der Waals surface area (Å²) >= 11 is 0. The highest BCUT2D eigenvalue weighted by atomic mass is 16.1. The zero-order valence-electron chi connectivity index (χ0n) is 23.8. The molecule has 0 amide bonds. The molecular weight excluding hydrogens is 428 g/mol. The Kier molecular flexibility index (Phi) is 12.4. The first-order valence-corrected chi connectivity index (χ1v) is 13.1. The highest BCUT2D eigenvalue weighted by Crippen LogP contribution is 2.40. The standard InChI is InChI=1S/C27H32N2O.C3H8.C2H6/c1-8-9-10-19(4)22-11-12-23-26(25(22)21-14-17(2)13-18(3)15-21)28-16-24(20(5)30)27(23)29(6)7;1-3-2;1-2/h11-16H,4,8-10H2,1-3,5-7H3;3H2,1-2H3;1-2H3. The molecule has 0 radical (unpaired) electrons. The van der Waals surface area contributed by atoms with Crippen LogP contribution >= 0.6 is 0 Å². The van der Waals surface area contributed by atoms with Gasteiger partial charge in [-0.1, -0.05) is 95.5 Å². The first-order chi connectivity index (χ1) is 16.7. The van der Waals surface area contributed by atoms with Gasteiger partial charge in [-0.3, -0.25) is 9.78 Å². The lowest BCUT2D eigenvalue weighted by atomic mass is 9.88. The van der Waals surface area contributed by atoms with Gasteiger partial charge in [-0.05, 0) is 50.3 Å². The van der Waals surface area contributed by atoms with Crippen LogP contribution in [0.3, 0.4) is 0 Å². The van der Waals surface area contributed by atoms with Crippen LogP contribution in [-0.2, 0) is 0 Å². The molecule has 0 aliphatic carbocycles. The molecule has 0 N–H and O–H groups in total. The molecule has 1 heterocycles. The molecule has 3 rings (SSSR count). The summed E-state index contributed by atoms with van der Waals surface area (Å²) in [7, 11) is 3.96. The fourth-order valence-electron chi connectivity index (χ4n) is 4.22. The molecule has 35 heavy (non-hydrogen) atoms. The van der Waals surface area contributed by atoms with E-state index < -0.39 is 0 Å². The molecule has 2 aromatic carbocycles. The maximum atomic E-state index is 12.3. The number of benzene rings is 2. The Hall–Kier alpha value is -2.94. The summed E-state index contributed by atoms with van der Waals surface area (Å²) in [6, 6.07) is 10.9. The number of anilines is 1. The first-order valence-electron chi connectivity index (χ1n) is 13.1. The van der Waals surface area contributed by atoms with Crippen molar-refractivity contribution in [2.45, 2.75) is 81.1 Å². The summed E-state index contributed by atoms with van der Waals surface area (Å²) in [5.41, 5.74) is 9.48. The summed E-state index contributed by atoms with van der Waals surface area (Å²) in [5.74, 6) is 0.0254. The smallest absolute Gasteiger partial charge is 0.163 e. The molecule has 0 fully saturated rings. The number of rotatable bonds is 7. The van der Waals surface area contributed by atoms with Gasteiger partial charge >= 0.3 is 0 Å². The van der Waals surface area contributed by atoms with E-state index in [1.807, 2.05) is 32.8 Å². The number of fused-ring (bicyclic) bond motifs is 1. The second-order valence-electron chi connectivity index (χ2n) is 9.15. The van der Waals surface area contributed by atoms with Crippen molar-refractivity contribution in [2.75, 3.05) is 19.0 Å². The number of ketones is 1. The minimum absolute atomic E-state index is 0.0254. The third-order valence-electron chi connectivity index (χ3n) is 5.56. The number of hydrogen-bond acceptors (Lipinski definition) is 3. The molecule has 0 atom stereocenters. The molecular formula is C32H46N2O. The van der Waals surface area contributed by atoms with Crippen LogP contribution in [0.2, 0.25) is 0 Å².